The number of carbonyl (C=O) groups is 5. The molecule has 2 aliphatic heterocycles. The fourth-order valence-electron chi connectivity index (χ4n) is 8.35. The Morgan fingerprint density at radius 1 is 0.936 bits per heavy atom. The summed E-state index contributed by atoms with van der Waals surface area (Å²) in [7, 11) is 0. The summed E-state index contributed by atoms with van der Waals surface area (Å²) in [6.45, 7) is 1.63. The number of nitrogens with one attached hydrogen (secondary N) is 1. The summed E-state index contributed by atoms with van der Waals surface area (Å²) < 4.78 is 15.1. The van der Waals surface area contributed by atoms with Crippen LogP contribution >= 0.6 is 0 Å². The molecule has 4 amide bonds. The maximum absolute atomic E-state index is 15.1. The van der Waals surface area contributed by atoms with Crippen molar-refractivity contribution in [1.29, 1.82) is 0 Å². The Kier molecular flexibility index (Phi) is 7.22. The number of imide groups is 2. The number of hydrogen-bond acceptors (Lipinski definition) is 7. The Bertz CT molecular complexity index is 1860. The fourth-order valence-corrected chi connectivity index (χ4v) is 8.35. The van der Waals surface area contributed by atoms with E-state index in [0.717, 1.165) is 21.5 Å². The van der Waals surface area contributed by atoms with E-state index in [2.05, 4.69) is 5.43 Å². The number of hydrazine groups is 1. The number of carboxylic acids is 1. The minimum atomic E-state index is -1.65. The largest absolute Gasteiger partial charge is 0.505 e. The molecule has 3 aromatic rings. The monoisotopic (exact) mass is 637 g/mol. The number of carbonyl (C=O) groups excluding carboxylic acids is 4. The lowest BCUT2D eigenvalue weighted by atomic mass is 9.49. The van der Waals surface area contributed by atoms with Gasteiger partial charge in [-0.1, -0.05) is 71.8 Å². The third-order valence-electron chi connectivity index (χ3n) is 10.4. The lowest BCUT2D eigenvalue weighted by Crippen LogP contribution is -2.53. The smallest absolute Gasteiger partial charge is 0.305 e. The molecule has 3 fully saturated rings. The van der Waals surface area contributed by atoms with Crippen LogP contribution in [0.2, 0.25) is 0 Å². The second-order valence-electron chi connectivity index (χ2n) is 12.7. The van der Waals surface area contributed by atoms with Gasteiger partial charge in [0.2, 0.25) is 11.8 Å². The number of phenolic OH excluding ortho intramolecular Hbond substituents is 1. The lowest BCUT2D eigenvalue weighted by molar-refractivity contribution is -0.143. The first-order valence-electron chi connectivity index (χ1n) is 15.6. The van der Waals surface area contributed by atoms with Gasteiger partial charge in [-0.15, -0.1) is 0 Å². The number of aryl methyl sites for hydroxylation is 1. The number of phenols is 1. The predicted molar refractivity (Wildman–Crippen MR) is 166 cm³/mol. The molecule has 7 rings (SSSR count). The zero-order valence-corrected chi connectivity index (χ0v) is 25.4. The van der Waals surface area contributed by atoms with Crippen LogP contribution in [0.4, 0.5) is 10.1 Å². The van der Waals surface area contributed by atoms with E-state index in [1.54, 1.807) is 48.5 Å². The molecule has 0 spiro atoms. The van der Waals surface area contributed by atoms with E-state index < -0.39 is 82.6 Å². The first-order valence-corrected chi connectivity index (χ1v) is 15.6. The van der Waals surface area contributed by atoms with E-state index in [1.165, 1.54) is 12.1 Å². The molecular formula is C36H32FN3O7. The molecule has 0 aromatic heterocycles. The average Bonchev–Trinajstić information content (AvgIpc) is 3.43. The van der Waals surface area contributed by atoms with Crippen molar-refractivity contribution < 1.29 is 38.6 Å². The van der Waals surface area contributed by atoms with Gasteiger partial charge in [0.25, 0.3) is 11.8 Å². The molecule has 2 aliphatic carbocycles. The van der Waals surface area contributed by atoms with Crippen LogP contribution in [0.3, 0.4) is 0 Å². The molecule has 6 atom stereocenters. The van der Waals surface area contributed by atoms with Gasteiger partial charge in [-0.3, -0.25) is 34.3 Å². The number of carboxylic acid groups (broad SMARTS) is 1. The van der Waals surface area contributed by atoms with Crippen LogP contribution in [0, 0.1) is 36.4 Å². The molecule has 2 heterocycles. The van der Waals surface area contributed by atoms with Crippen molar-refractivity contribution in [1.82, 2.24) is 9.91 Å². The topological polar surface area (TPSA) is 144 Å². The predicted octanol–water partition coefficient (Wildman–Crippen LogP) is 4.30. The number of rotatable bonds is 7. The number of amides is 4. The van der Waals surface area contributed by atoms with E-state index >= 15 is 4.39 Å². The number of aromatic hydroxyl groups is 1. The number of para-hydroxylation sites is 1. The van der Waals surface area contributed by atoms with Gasteiger partial charge < -0.3 is 10.2 Å². The van der Waals surface area contributed by atoms with Gasteiger partial charge in [-0.25, -0.2) is 4.39 Å². The molecule has 4 aliphatic rings. The van der Waals surface area contributed by atoms with Gasteiger partial charge >= 0.3 is 5.97 Å². The Balaban J connectivity index is 1.43. The number of aliphatic carboxylic acids is 1. The number of nitrogens with zero attached hydrogens (tertiary/aromatic N) is 2. The third kappa shape index (κ3) is 4.47. The maximum atomic E-state index is 15.1. The van der Waals surface area contributed by atoms with Crippen LogP contribution in [0.1, 0.15) is 41.9 Å². The molecule has 0 radical (unpaired) electrons. The van der Waals surface area contributed by atoms with Crippen molar-refractivity contribution in [3.63, 3.8) is 0 Å². The average molecular weight is 638 g/mol. The lowest BCUT2D eigenvalue weighted by Gasteiger charge is -2.50. The van der Waals surface area contributed by atoms with E-state index in [1.807, 2.05) is 19.1 Å². The molecule has 240 valence electrons. The number of likely N-dealkylation sites (tertiary alicyclic amines) is 1. The van der Waals surface area contributed by atoms with Gasteiger partial charge in [-0.2, -0.15) is 5.01 Å². The zero-order chi connectivity index (χ0) is 33.2. The molecular weight excluding hydrogens is 605 g/mol. The quantitative estimate of drug-likeness (QED) is 0.257. The zero-order valence-electron chi connectivity index (χ0n) is 25.4. The molecule has 0 unspecified atom stereocenters. The maximum Gasteiger partial charge on any atom is 0.305 e. The molecule has 0 bridgehead atoms. The summed E-state index contributed by atoms with van der Waals surface area (Å²) in [6.07, 6.45) is 1.53. The summed E-state index contributed by atoms with van der Waals surface area (Å²) in [6, 6.07) is 19.9. The van der Waals surface area contributed by atoms with Crippen molar-refractivity contribution in [2.45, 2.75) is 37.5 Å². The van der Waals surface area contributed by atoms with Crippen molar-refractivity contribution in [3.05, 3.63) is 107 Å². The molecule has 2 saturated heterocycles. The Labute approximate surface area is 269 Å². The van der Waals surface area contributed by atoms with Gasteiger partial charge in [0.05, 0.1) is 35.3 Å². The highest BCUT2D eigenvalue weighted by Crippen LogP contribution is 2.64. The van der Waals surface area contributed by atoms with Crippen LogP contribution in [0.5, 0.6) is 5.75 Å². The first kappa shape index (κ1) is 30.3. The van der Waals surface area contributed by atoms with E-state index in [4.69, 9.17) is 0 Å². The second kappa shape index (κ2) is 11.2. The first-order chi connectivity index (χ1) is 22.5. The van der Waals surface area contributed by atoms with Gasteiger partial charge in [-0.05, 0) is 49.4 Å². The number of allylic oxidation sites excluding steroid dienone is 2. The van der Waals surface area contributed by atoms with Crippen LogP contribution in [-0.2, 0) is 29.4 Å². The SMILES string of the molecule is Cc1ccc(NN2C(=O)[C@@H]3C[C@@H]4C(=CC[C@@H]5C(=O)N(CCC(=O)O)C(=O)[C@@H]54)[C@H](c4cccc(F)c4O)[C@]3(c3ccccc3)C2=O)cc1. The molecule has 47 heavy (non-hydrogen) atoms. The Hall–Kier alpha value is -5.32. The van der Waals surface area contributed by atoms with Crippen LogP contribution in [0.15, 0.2) is 84.4 Å². The van der Waals surface area contributed by atoms with Crippen molar-refractivity contribution in [2.24, 2.45) is 23.7 Å². The van der Waals surface area contributed by atoms with Crippen molar-refractivity contribution in [3.8, 4) is 5.75 Å². The molecule has 1 saturated carbocycles. The highest BCUT2D eigenvalue weighted by molar-refractivity contribution is 6.13. The van der Waals surface area contributed by atoms with E-state index in [9.17, 15) is 34.2 Å². The normalized spacial score (nSPS) is 28.1. The summed E-state index contributed by atoms with van der Waals surface area (Å²) in [5, 5.41) is 21.5. The standard InChI is InChI=1S/C36H32FN3O7/c1-19-10-12-21(13-11-19)38-40-33(45)26-18-25-22(14-15-23-29(25)34(46)39(32(23)44)17-16-28(41)42)30(24-8-5-9-27(37)31(24)43)36(26,35(40)47)20-6-3-2-4-7-20/h2-14,23,25-26,29-30,38,43H,15-18H2,1H3,(H,41,42)/t23-,25+,26-,29-,30+,36+/m0/s1. The number of hydrogen-bond donors (Lipinski definition) is 3. The van der Waals surface area contributed by atoms with Crippen LogP contribution in [-0.4, -0.2) is 56.3 Å². The third-order valence-corrected chi connectivity index (χ3v) is 10.4. The highest BCUT2D eigenvalue weighted by Gasteiger charge is 2.70. The minimum absolute atomic E-state index is 0.0247. The number of halogens is 1. The van der Waals surface area contributed by atoms with E-state index in [-0.39, 0.29) is 24.9 Å². The summed E-state index contributed by atoms with van der Waals surface area (Å²) in [5.41, 5.74) is 3.95. The number of benzene rings is 3. The molecule has 3 aromatic carbocycles. The van der Waals surface area contributed by atoms with Crippen molar-refractivity contribution in [2.75, 3.05) is 12.0 Å². The minimum Gasteiger partial charge on any atom is -0.505 e. The Morgan fingerprint density at radius 3 is 2.36 bits per heavy atom. The second-order valence-corrected chi connectivity index (χ2v) is 12.7. The Morgan fingerprint density at radius 2 is 1.66 bits per heavy atom. The molecule has 10 nitrogen and oxygen atoms in total. The fraction of sp³-hybridized carbons (Fsp3) is 0.306. The molecule has 3 N–H and O–H groups in total. The number of fused-ring (bicyclic) bond motifs is 4. The molecule has 11 heteroatoms. The summed E-state index contributed by atoms with van der Waals surface area (Å²) >= 11 is 0. The highest BCUT2D eigenvalue weighted by atomic mass is 19.1. The van der Waals surface area contributed by atoms with Gasteiger partial charge in [0, 0.05) is 18.0 Å². The van der Waals surface area contributed by atoms with E-state index in [0.29, 0.717) is 16.8 Å². The van der Waals surface area contributed by atoms with Crippen LogP contribution in [0.25, 0.3) is 0 Å². The van der Waals surface area contributed by atoms with Gasteiger partial charge in [0.15, 0.2) is 11.6 Å². The summed E-state index contributed by atoms with van der Waals surface area (Å²) in [5.74, 6) is -9.43. The van der Waals surface area contributed by atoms with Crippen LogP contribution < -0.4 is 5.43 Å². The van der Waals surface area contributed by atoms with Gasteiger partial charge in [0.1, 0.15) is 0 Å². The number of anilines is 1. The summed E-state index contributed by atoms with van der Waals surface area (Å²) in [4.78, 5) is 69.2. The van der Waals surface area contributed by atoms with Crippen molar-refractivity contribution >= 4 is 35.3 Å².